The first kappa shape index (κ1) is 24.2. The summed E-state index contributed by atoms with van der Waals surface area (Å²) in [6, 6.07) is 4.90. The molecule has 1 aromatic carbocycles. The number of benzene rings is 1. The predicted octanol–water partition coefficient (Wildman–Crippen LogP) is 5.55. The molecule has 3 N–H and O–H groups in total. The van der Waals surface area contributed by atoms with E-state index in [1.807, 2.05) is 0 Å². The van der Waals surface area contributed by atoms with Crippen molar-refractivity contribution in [2.75, 3.05) is 0 Å². The molecule has 1 heterocycles. The lowest BCUT2D eigenvalue weighted by molar-refractivity contribution is -0.137. The van der Waals surface area contributed by atoms with Crippen LogP contribution in [0, 0.1) is 5.41 Å². The van der Waals surface area contributed by atoms with E-state index in [1.54, 1.807) is 32.2 Å². The molecule has 2 rings (SSSR count). The standard InChI is InChI=1S/C20H22BrF3N2O3S/c1-19(2,3)16(26-18(28)29)14(25-17(27)15-9-13(21)10-30-15)8-11-5-4-6-12(7-11)20(22,23)24/h4-7,9-10,14,16,26H,8H2,1-3H3,(H,25,27)(H,28,29)/t14-,16?/m0/s1. The maximum Gasteiger partial charge on any atom is 0.416 e. The summed E-state index contributed by atoms with van der Waals surface area (Å²) in [5.74, 6) is -0.427. The second kappa shape index (κ2) is 9.38. The Balaban J connectivity index is 2.39. The number of carbonyl (C=O) groups excluding carboxylic acids is 1. The van der Waals surface area contributed by atoms with Crippen molar-refractivity contribution in [2.24, 2.45) is 5.41 Å². The Morgan fingerprint density at radius 2 is 1.83 bits per heavy atom. The number of hydrogen-bond acceptors (Lipinski definition) is 3. The molecule has 30 heavy (non-hydrogen) atoms. The van der Waals surface area contributed by atoms with E-state index in [9.17, 15) is 27.9 Å². The number of hydrogen-bond donors (Lipinski definition) is 3. The van der Waals surface area contributed by atoms with E-state index in [1.165, 1.54) is 23.5 Å². The molecular weight excluding hydrogens is 485 g/mol. The second-order valence-corrected chi connectivity index (χ2v) is 9.73. The van der Waals surface area contributed by atoms with Gasteiger partial charge in [0.15, 0.2) is 0 Å². The molecule has 0 aliphatic rings. The van der Waals surface area contributed by atoms with Crippen LogP contribution in [-0.4, -0.2) is 29.2 Å². The van der Waals surface area contributed by atoms with Crippen molar-refractivity contribution in [3.63, 3.8) is 0 Å². The van der Waals surface area contributed by atoms with Gasteiger partial charge in [-0.05, 0) is 45.5 Å². The Morgan fingerprint density at radius 3 is 2.33 bits per heavy atom. The summed E-state index contributed by atoms with van der Waals surface area (Å²) in [5, 5.41) is 16.3. The van der Waals surface area contributed by atoms with Gasteiger partial charge in [0.2, 0.25) is 0 Å². The molecule has 5 nitrogen and oxygen atoms in total. The van der Waals surface area contributed by atoms with Crippen LogP contribution in [0.5, 0.6) is 0 Å². The smallest absolute Gasteiger partial charge is 0.416 e. The average molecular weight is 507 g/mol. The Labute approximate surface area is 184 Å². The highest BCUT2D eigenvalue weighted by molar-refractivity contribution is 9.10. The minimum atomic E-state index is -4.50. The molecule has 0 aliphatic heterocycles. The molecule has 1 unspecified atom stereocenters. The fraction of sp³-hybridized carbons (Fsp3) is 0.400. The summed E-state index contributed by atoms with van der Waals surface area (Å²) in [4.78, 5) is 24.5. The van der Waals surface area contributed by atoms with Crippen molar-refractivity contribution < 1.29 is 27.9 Å². The maximum atomic E-state index is 13.1. The normalized spacial score (nSPS) is 14.1. The first-order valence-corrected chi connectivity index (χ1v) is 10.6. The van der Waals surface area contributed by atoms with E-state index in [0.29, 0.717) is 10.4 Å². The van der Waals surface area contributed by atoms with Crippen LogP contribution in [0.3, 0.4) is 0 Å². The molecule has 2 atom stereocenters. The van der Waals surface area contributed by atoms with E-state index in [2.05, 4.69) is 26.6 Å². The van der Waals surface area contributed by atoms with Gasteiger partial charge >= 0.3 is 12.3 Å². The fourth-order valence-electron chi connectivity index (χ4n) is 3.11. The summed E-state index contributed by atoms with van der Waals surface area (Å²) in [7, 11) is 0. The second-order valence-electron chi connectivity index (χ2n) is 7.90. The van der Waals surface area contributed by atoms with Gasteiger partial charge in [0.1, 0.15) is 0 Å². The van der Waals surface area contributed by atoms with Crippen LogP contribution in [0.2, 0.25) is 0 Å². The van der Waals surface area contributed by atoms with Gasteiger partial charge in [-0.1, -0.05) is 39.0 Å². The summed E-state index contributed by atoms with van der Waals surface area (Å²) in [6.45, 7) is 5.38. The molecule has 0 saturated heterocycles. The van der Waals surface area contributed by atoms with Crippen molar-refractivity contribution in [3.8, 4) is 0 Å². The first-order chi connectivity index (χ1) is 13.8. The van der Waals surface area contributed by atoms with Crippen molar-refractivity contribution in [3.05, 3.63) is 56.2 Å². The molecule has 0 bridgehead atoms. The summed E-state index contributed by atoms with van der Waals surface area (Å²) in [5.41, 5.74) is -1.08. The van der Waals surface area contributed by atoms with Gasteiger partial charge < -0.3 is 15.7 Å². The largest absolute Gasteiger partial charge is 0.465 e. The van der Waals surface area contributed by atoms with Crippen molar-refractivity contribution in [1.82, 2.24) is 10.6 Å². The average Bonchev–Trinajstić information content (AvgIpc) is 3.04. The number of nitrogens with one attached hydrogen (secondary N) is 2. The molecule has 2 amide bonds. The van der Waals surface area contributed by atoms with Gasteiger partial charge in [0.05, 0.1) is 22.5 Å². The molecule has 0 spiro atoms. The third-order valence-electron chi connectivity index (χ3n) is 4.43. The van der Waals surface area contributed by atoms with Crippen LogP contribution in [-0.2, 0) is 12.6 Å². The Bertz CT molecular complexity index is 909. The first-order valence-electron chi connectivity index (χ1n) is 8.98. The zero-order chi connectivity index (χ0) is 22.7. The van der Waals surface area contributed by atoms with Crippen molar-refractivity contribution in [2.45, 2.75) is 45.5 Å². The number of thiophene rings is 1. The number of carboxylic acid groups (broad SMARTS) is 1. The third-order valence-corrected chi connectivity index (χ3v) is 6.12. The van der Waals surface area contributed by atoms with Gasteiger partial charge in [-0.15, -0.1) is 11.3 Å². The predicted molar refractivity (Wildman–Crippen MR) is 113 cm³/mol. The molecule has 0 radical (unpaired) electrons. The molecule has 0 fully saturated rings. The fourth-order valence-corrected chi connectivity index (χ4v) is 4.44. The van der Waals surface area contributed by atoms with Gasteiger partial charge in [-0.25, -0.2) is 4.79 Å². The monoisotopic (exact) mass is 506 g/mol. The summed E-state index contributed by atoms with van der Waals surface area (Å²) >= 11 is 4.47. The summed E-state index contributed by atoms with van der Waals surface area (Å²) in [6.07, 6.45) is -5.76. The van der Waals surface area contributed by atoms with Crippen molar-refractivity contribution >= 4 is 39.3 Å². The summed E-state index contributed by atoms with van der Waals surface area (Å²) < 4.78 is 40.0. The molecule has 10 heteroatoms. The molecule has 2 aromatic rings. The Kier molecular flexibility index (Phi) is 7.57. The lowest BCUT2D eigenvalue weighted by Crippen LogP contribution is -2.58. The van der Waals surface area contributed by atoms with Crippen LogP contribution in [0.25, 0.3) is 0 Å². The maximum absolute atomic E-state index is 13.1. The van der Waals surface area contributed by atoms with Crippen LogP contribution in [0.15, 0.2) is 40.2 Å². The molecule has 164 valence electrons. The number of carbonyl (C=O) groups is 2. The van der Waals surface area contributed by atoms with Crippen LogP contribution in [0.1, 0.15) is 41.6 Å². The van der Waals surface area contributed by atoms with Gasteiger partial charge in [0, 0.05) is 9.85 Å². The van der Waals surface area contributed by atoms with Gasteiger partial charge in [0.25, 0.3) is 5.91 Å². The SMILES string of the molecule is CC(C)(C)C(NC(=O)O)[C@H](Cc1cccc(C(F)(F)F)c1)NC(=O)c1cc(Br)cs1. The number of rotatable bonds is 6. The number of halogens is 4. The van der Waals surface area contributed by atoms with Crippen LogP contribution >= 0.6 is 27.3 Å². The minimum absolute atomic E-state index is 0.0183. The minimum Gasteiger partial charge on any atom is -0.465 e. The highest BCUT2D eigenvalue weighted by Crippen LogP contribution is 2.31. The van der Waals surface area contributed by atoms with Crippen LogP contribution < -0.4 is 10.6 Å². The van der Waals surface area contributed by atoms with E-state index >= 15 is 0 Å². The Morgan fingerprint density at radius 1 is 1.17 bits per heavy atom. The number of alkyl halides is 3. The van der Waals surface area contributed by atoms with Crippen LogP contribution in [0.4, 0.5) is 18.0 Å². The highest BCUT2D eigenvalue weighted by atomic mass is 79.9. The number of amides is 2. The lowest BCUT2D eigenvalue weighted by Gasteiger charge is -2.37. The van der Waals surface area contributed by atoms with Gasteiger partial charge in [-0.2, -0.15) is 13.2 Å². The quantitative estimate of drug-likeness (QED) is 0.480. The van der Waals surface area contributed by atoms with Crippen molar-refractivity contribution in [1.29, 1.82) is 0 Å². The highest BCUT2D eigenvalue weighted by Gasteiger charge is 2.36. The third kappa shape index (κ3) is 6.73. The zero-order valence-corrected chi connectivity index (χ0v) is 18.9. The molecule has 0 aliphatic carbocycles. The van der Waals surface area contributed by atoms with E-state index in [-0.39, 0.29) is 6.42 Å². The molecule has 1 aromatic heterocycles. The molecular formula is C20H22BrF3N2O3S. The Hall–Kier alpha value is -2.07. The van der Waals surface area contributed by atoms with E-state index < -0.39 is 41.2 Å². The topological polar surface area (TPSA) is 78.4 Å². The van der Waals surface area contributed by atoms with E-state index in [4.69, 9.17) is 0 Å². The van der Waals surface area contributed by atoms with E-state index in [0.717, 1.165) is 16.6 Å². The van der Waals surface area contributed by atoms with Gasteiger partial charge in [-0.3, -0.25) is 4.79 Å². The zero-order valence-electron chi connectivity index (χ0n) is 16.5. The lowest BCUT2D eigenvalue weighted by atomic mass is 9.80. The molecule has 0 saturated carbocycles.